The van der Waals surface area contributed by atoms with Crippen LogP contribution in [0.15, 0.2) is 0 Å². The Bertz CT molecular complexity index is 261. The molecule has 1 fully saturated rings. The van der Waals surface area contributed by atoms with Crippen molar-refractivity contribution in [3.05, 3.63) is 0 Å². The summed E-state index contributed by atoms with van der Waals surface area (Å²) in [6.45, 7) is 18.9. The quantitative estimate of drug-likeness (QED) is 0.432. The molecule has 0 aromatic carbocycles. The van der Waals surface area contributed by atoms with Crippen LogP contribution < -0.4 is 9.80 Å². The van der Waals surface area contributed by atoms with Crippen LogP contribution in [0, 0.1) is 0 Å². The van der Waals surface area contributed by atoms with Crippen molar-refractivity contribution in [2.75, 3.05) is 90.3 Å². The second kappa shape index (κ2) is 12.8. The fraction of sp³-hybridized carbons (Fsp3) is 1.00. The van der Waals surface area contributed by atoms with E-state index in [0.717, 1.165) is 31.4 Å². The van der Waals surface area contributed by atoms with E-state index < -0.39 is 0 Å². The first-order valence-corrected chi connectivity index (χ1v) is 10.0. The Morgan fingerprint density at radius 3 is 2.32 bits per heavy atom. The van der Waals surface area contributed by atoms with Crippen LogP contribution in [0.4, 0.5) is 0 Å². The average Bonchev–Trinajstić information content (AvgIpc) is 2.55. The van der Waals surface area contributed by atoms with E-state index in [2.05, 4.69) is 23.6 Å². The number of hydrogen-bond acceptors (Lipinski definition) is 2. The molecule has 1 atom stereocenters. The Hall–Kier alpha value is 0.420. The van der Waals surface area contributed by atoms with Crippen molar-refractivity contribution in [1.82, 2.24) is 9.80 Å². The molecule has 0 aromatic heterocycles. The lowest BCUT2D eigenvalue weighted by Crippen LogP contribution is -3.21. The van der Waals surface area contributed by atoms with Crippen molar-refractivity contribution >= 4 is 23.2 Å². The van der Waals surface area contributed by atoms with Crippen molar-refractivity contribution in [2.45, 2.75) is 13.8 Å². The first-order chi connectivity index (χ1) is 10.7. The van der Waals surface area contributed by atoms with Gasteiger partial charge in [-0.3, -0.25) is 9.80 Å². The van der Waals surface area contributed by atoms with Crippen molar-refractivity contribution in [3.8, 4) is 0 Å². The smallest absolute Gasteiger partial charge is 0.127 e. The van der Waals surface area contributed by atoms with Crippen molar-refractivity contribution in [3.63, 3.8) is 0 Å². The summed E-state index contributed by atoms with van der Waals surface area (Å²) in [7, 11) is 0. The van der Waals surface area contributed by atoms with Gasteiger partial charge in [0.05, 0.1) is 26.2 Å². The molecule has 0 spiro atoms. The molecule has 1 aliphatic rings. The van der Waals surface area contributed by atoms with Gasteiger partial charge in [-0.05, 0) is 13.5 Å². The van der Waals surface area contributed by atoms with Crippen LogP contribution in [0.25, 0.3) is 0 Å². The van der Waals surface area contributed by atoms with Crippen LogP contribution >= 0.6 is 23.2 Å². The zero-order valence-electron chi connectivity index (χ0n) is 14.5. The molecule has 0 aliphatic carbocycles. The minimum Gasteiger partial charge on any atom is -0.329 e. The standard InChI is InChI=1S/C16H34Cl2N4/c1-3-19(7-5-17)9-10-20(4-2)11-12-22-15-13-21(8-6-18)14-16-22/h3-16H2,1-2H3/p+2. The van der Waals surface area contributed by atoms with Crippen molar-refractivity contribution < 1.29 is 9.80 Å². The Morgan fingerprint density at radius 2 is 1.77 bits per heavy atom. The summed E-state index contributed by atoms with van der Waals surface area (Å²) < 4.78 is 0. The third-order valence-corrected chi connectivity index (χ3v) is 5.26. The largest absolute Gasteiger partial charge is 0.329 e. The summed E-state index contributed by atoms with van der Waals surface area (Å²) in [4.78, 5) is 8.45. The summed E-state index contributed by atoms with van der Waals surface area (Å²) in [6, 6.07) is 0. The number of quaternary nitrogens is 2. The lowest BCUT2D eigenvalue weighted by molar-refractivity contribution is -0.958. The van der Waals surface area contributed by atoms with Crippen LogP contribution in [-0.2, 0) is 0 Å². The zero-order valence-corrected chi connectivity index (χ0v) is 16.1. The van der Waals surface area contributed by atoms with E-state index in [4.69, 9.17) is 23.2 Å². The minimum absolute atomic E-state index is 0.742. The Morgan fingerprint density at radius 1 is 1.05 bits per heavy atom. The first-order valence-electron chi connectivity index (χ1n) is 8.97. The average molecular weight is 355 g/mol. The summed E-state index contributed by atoms with van der Waals surface area (Å²) in [6.07, 6.45) is 0. The van der Waals surface area contributed by atoms with Gasteiger partial charge in [0.2, 0.25) is 0 Å². The maximum absolute atomic E-state index is 5.86. The fourth-order valence-corrected chi connectivity index (χ4v) is 3.64. The second-order valence-electron chi connectivity index (χ2n) is 6.26. The van der Waals surface area contributed by atoms with Crippen LogP contribution in [0.2, 0.25) is 0 Å². The van der Waals surface area contributed by atoms with Gasteiger partial charge in [0.15, 0.2) is 0 Å². The number of hydrogen-bond donors (Lipinski definition) is 2. The molecule has 0 bridgehead atoms. The first kappa shape index (κ1) is 20.5. The molecule has 0 amide bonds. The van der Waals surface area contributed by atoms with Gasteiger partial charge in [-0.15, -0.1) is 23.2 Å². The monoisotopic (exact) mass is 354 g/mol. The Kier molecular flexibility index (Phi) is 11.9. The highest BCUT2D eigenvalue weighted by Gasteiger charge is 2.20. The number of nitrogens with one attached hydrogen (secondary N) is 2. The van der Waals surface area contributed by atoms with Crippen molar-refractivity contribution in [2.24, 2.45) is 0 Å². The van der Waals surface area contributed by atoms with Gasteiger partial charge in [-0.1, -0.05) is 6.92 Å². The van der Waals surface area contributed by atoms with Gasteiger partial charge in [0, 0.05) is 44.5 Å². The number of alkyl halides is 2. The highest BCUT2D eigenvalue weighted by molar-refractivity contribution is 6.18. The highest BCUT2D eigenvalue weighted by atomic mass is 35.5. The number of rotatable bonds is 12. The van der Waals surface area contributed by atoms with Gasteiger partial charge in [-0.25, -0.2) is 0 Å². The number of piperazine rings is 1. The van der Waals surface area contributed by atoms with Crippen molar-refractivity contribution in [1.29, 1.82) is 0 Å². The number of halogens is 2. The Labute approximate surface area is 147 Å². The highest BCUT2D eigenvalue weighted by Crippen LogP contribution is 1.90. The van der Waals surface area contributed by atoms with E-state index in [0.29, 0.717) is 0 Å². The Balaban J connectivity index is 2.18. The molecule has 1 heterocycles. The number of nitrogens with zero attached hydrogens (tertiary/aromatic N) is 2. The lowest BCUT2D eigenvalue weighted by Gasteiger charge is -2.32. The summed E-state index contributed by atoms with van der Waals surface area (Å²) in [5.41, 5.74) is 0. The molecule has 1 unspecified atom stereocenters. The summed E-state index contributed by atoms with van der Waals surface area (Å²) in [5, 5.41) is 0. The SMILES string of the molecule is CCN(CCCl)CC[NH+](CC)CC[NH+]1CCN(CCCl)CC1. The molecule has 6 heteroatoms. The molecule has 1 aliphatic heterocycles. The summed E-state index contributed by atoms with van der Waals surface area (Å²) >= 11 is 11.7. The van der Waals surface area contributed by atoms with E-state index in [1.807, 2.05) is 0 Å². The minimum atomic E-state index is 0.742. The van der Waals surface area contributed by atoms with E-state index in [9.17, 15) is 0 Å². The lowest BCUT2D eigenvalue weighted by atomic mass is 10.3. The summed E-state index contributed by atoms with van der Waals surface area (Å²) in [5.74, 6) is 1.51. The fourth-order valence-electron chi connectivity index (χ4n) is 3.16. The van der Waals surface area contributed by atoms with Crippen LogP contribution in [-0.4, -0.2) is 100 Å². The maximum atomic E-state index is 5.86. The van der Waals surface area contributed by atoms with E-state index in [1.165, 1.54) is 58.9 Å². The third-order valence-electron chi connectivity index (χ3n) is 4.93. The molecule has 0 aromatic rings. The van der Waals surface area contributed by atoms with E-state index in [1.54, 1.807) is 9.80 Å². The van der Waals surface area contributed by atoms with Gasteiger partial charge >= 0.3 is 0 Å². The van der Waals surface area contributed by atoms with E-state index >= 15 is 0 Å². The molecule has 22 heavy (non-hydrogen) atoms. The molecule has 0 radical (unpaired) electrons. The van der Waals surface area contributed by atoms with E-state index in [-0.39, 0.29) is 0 Å². The van der Waals surface area contributed by atoms with Gasteiger partial charge < -0.3 is 9.80 Å². The molecule has 1 saturated heterocycles. The third kappa shape index (κ3) is 8.32. The normalized spacial score (nSPS) is 19.0. The molecular weight excluding hydrogens is 319 g/mol. The molecule has 2 N–H and O–H groups in total. The molecule has 1 rings (SSSR count). The predicted octanol–water partition coefficient (Wildman–Crippen LogP) is -1.11. The number of likely N-dealkylation sites (N-methyl/N-ethyl adjacent to an activating group) is 2. The molecular formula is C16H36Cl2N4+2. The molecule has 4 nitrogen and oxygen atoms in total. The second-order valence-corrected chi connectivity index (χ2v) is 7.01. The van der Waals surface area contributed by atoms with Gasteiger partial charge in [-0.2, -0.15) is 0 Å². The van der Waals surface area contributed by atoms with Crippen LogP contribution in [0.5, 0.6) is 0 Å². The van der Waals surface area contributed by atoms with Gasteiger partial charge in [0.25, 0.3) is 0 Å². The predicted molar refractivity (Wildman–Crippen MR) is 96.8 cm³/mol. The zero-order chi connectivity index (χ0) is 16.2. The van der Waals surface area contributed by atoms with Crippen LogP contribution in [0.1, 0.15) is 13.8 Å². The van der Waals surface area contributed by atoms with Crippen LogP contribution in [0.3, 0.4) is 0 Å². The van der Waals surface area contributed by atoms with Gasteiger partial charge in [0.1, 0.15) is 13.1 Å². The molecule has 0 saturated carbocycles. The topological polar surface area (TPSA) is 15.4 Å². The maximum Gasteiger partial charge on any atom is 0.127 e. The molecule has 132 valence electrons.